The fraction of sp³-hybridized carbons (Fsp3) is 0.625. The number of ether oxygens (including phenoxy) is 1. The van der Waals surface area contributed by atoms with Gasteiger partial charge in [-0.1, -0.05) is 19.1 Å². The first-order chi connectivity index (χ1) is 9.09. The second kappa shape index (κ2) is 5.93. The van der Waals surface area contributed by atoms with Crippen molar-refractivity contribution >= 4 is 0 Å². The highest BCUT2D eigenvalue weighted by molar-refractivity contribution is 5.28. The Hall–Kier alpha value is -1.06. The molecule has 0 radical (unpaired) electrons. The van der Waals surface area contributed by atoms with Crippen molar-refractivity contribution in [2.45, 2.75) is 38.3 Å². The zero-order chi connectivity index (χ0) is 13.9. The lowest BCUT2D eigenvalue weighted by molar-refractivity contribution is 0.120. The van der Waals surface area contributed by atoms with Crippen LogP contribution in [0, 0.1) is 5.92 Å². The van der Waals surface area contributed by atoms with Crippen molar-refractivity contribution in [3.05, 3.63) is 29.8 Å². The van der Waals surface area contributed by atoms with Gasteiger partial charge in [0, 0.05) is 18.6 Å². The predicted molar refractivity (Wildman–Crippen MR) is 79.3 cm³/mol. The smallest absolute Gasteiger partial charge is 0.119 e. The summed E-state index contributed by atoms with van der Waals surface area (Å²) in [6.07, 6.45) is 3.72. The summed E-state index contributed by atoms with van der Waals surface area (Å²) in [5.41, 5.74) is 7.54. The van der Waals surface area contributed by atoms with Crippen LogP contribution in [0.3, 0.4) is 0 Å². The molecule has 2 N–H and O–H groups in total. The van der Waals surface area contributed by atoms with Crippen LogP contribution in [0.15, 0.2) is 24.3 Å². The maximum atomic E-state index is 6.08. The Bertz CT molecular complexity index is 421. The maximum absolute atomic E-state index is 6.08. The Morgan fingerprint density at radius 3 is 2.84 bits per heavy atom. The molecule has 2 rings (SSSR count). The van der Waals surface area contributed by atoms with Crippen molar-refractivity contribution in [1.29, 1.82) is 0 Å². The van der Waals surface area contributed by atoms with E-state index < -0.39 is 0 Å². The van der Waals surface area contributed by atoms with E-state index >= 15 is 0 Å². The molecular formula is C16H26N2O. The molecule has 0 amide bonds. The molecule has 1 fully saturated rings. The van der Waals surface area contributed by atoms with Crippen molar-refractivity contribution < 1.29 is 4.74 Å². The average molecular weight is 262 g/mol. The van der Waals surface area contributed by atoms with Crippen LogP contribution in [0.25, 0.3) is 0 Å². The molecule has 2 unspecified atom stereocenters. The van der Waals surface area contributed by atoms with Crippen LogP contribution in [-0.2, 0) is 6.54 Å². The minimum atomic E-state index is 0.183. The third kappa shape index (κ3) is 3.10. The molecule has 0 aromatic heterocycles. The van der Waals surface area contributed by atoms with Crippen molar-refractivity contribution in [3.8, 4) is 5.75 Å². The standard InChI is InChI=1S/C16H26N2O/c1-13-7-8-16(10-13,12-17)18(2)11-14-5-4-6-15(9-14)19-3/h4-6,9,13H,7-8,10-12,17H2,1-3H3. The van der Waals surface area contributed by atoms with Crippen molar-refractivity contribution in [3.63, 3.8) is 0 Å². The van der Waals surface area contributed by atoms with Crippen LogP contribution in [0.5, 0.6) is 5.75 Å². The Morgan fingerprint density at radius 1 is 1.47 bits per heavy atom. The van der Waals surface area contributed by atoms with E-state index in [1.165, 1.54) is 24.8 Å². The largest absolute Gasteiger partial charge is 0.497 e. The highest BCUT2D eigenvalue weighted by atomic mass is 16.5. The van der Waals surface area contributed by atoms with Crippen LogP contribution >= 0.6 is 0 Å². The average Bonchev–Trinajstić information content (AvgIpc) is 2.82. The number of methoxy groups -OCH3 is 1. The van der Waals surface area contributed by atoms with Gasteiger partial charge in [0.2, 0.25) is 0 Å². The molecule has 0 saturated heterocycles. The van der Waals surface area contributed by atoms with Gasteiger partial charge in [-0.05, 0) is 49.9 Å². The number of rotatable bonds is 5. The second-order valence-corrected chi connectivity index (χ2v) is 5.98. The van der Waals surface area contributed by atoms with Gasteiger partial charge in [-0.2, -0.15) is 0 Å². The molecule has 0 spiro atoms. The van der Waals surface area contributed by atoms with Gasteiger partial charge in [-0.3, -0.25) is 4.90 Å². The van der Waals surface area contributed by atoms with E-state index in [1.54, 1.807) is 7.11 Å². The maximum Gasteiger partial charge on any atom is 0.119 e. The molecule has 106 valence electrons. The molecule has 2 atom stereocenters. The van der Waals surface area contributed by atoms with E-state index in [4.69, 9.17) is 10.5 Å². The third-order valence-corrected chi connectivity index (χ3v) is 4.57. The van der Waals surface area contributed by atoms with Gasteiger partial charge in [-0.25, -0.2) is 0 Å². The van der Waals surface area contributed by atoms with Gasteiger partial charge >= 0.3 is 0 Å². The summed E-state index contributed by atoms with van der Waals surface area (Å²) >= 11 is 0. The van der Waals surface area contributed by atoms with E-state index in [9.17, 15) is 0 Å². The minimum Gasteiger partial charge on any atom is -0.497 e. The quantitative estimate of drug-likeness (QED) is 0.886. The van der Waals surface area contributed by atoms with Gasteiger partial charge in [0.1, 0.15) is 5.75 Å². The topological polar surface area (TPSA) is 38.5 Å². The molecule has 1 aromatic rings. The Labute approximate surface area is 116 Å². The van der Waals surface area contributed by atoms with Gasteiger partial charge in [-0.15, -0.1) is 0 Å². The van der Waals surface area contributed by atoms with Gasteiger partial charge in [0.05, 0.1) is 7.11 Å². The summed E-state index contributed by atoms with van der Waals surface area (Å²) in [6, 6.07) is 8.30. The fourth-order valence-corrected chi connectivity index (χ4v) is 3.27. The zero-order valence-electron chi connectivity index (χ0n) is 12.4. The molecular weight excluding hydrogens is 236 g/mol. The molecule has 3 heteroatoms. The highest BCUT2D eigenvalue weighted by Crippen LogP contribution is 2.38. The summed E-state index contributed by atoms with van der Waals surface area (Å²) in [7, 11) is 3.91. The summed E-state index contributed by atoms with van der Waals surface area (Å²) in [5.74, 6) is 1.71. The van der Waals surface area contributed by atoms with Crippen LogP contribution in [-0.4, -0.2) is 31.1 Å². The van der Waals surface area contributed by atoms with Crippen molar-refractivity contribution in [2.75, 3.05) is 20.7 Å². The van der Waals surface area contributed by atoms with Crippen LogP contribution < -0.4 is 10.5 Å². The molecule has 3 nitrogen and oxygen atoms in total. The first kappa shape index (κ1) is 14.4. The Morgan fingerprint density at radius 2 is 2.26 bits per heavy atom. The predicted octanol–water partition coefficient (Wildman–Crippen LogP) is 2.64. The zero-order valence-corrected chi connectivity index (χ0v) is 12.4. The SMILES string of the molecule is COc1cccc(CN(C)C2(CN)CCC(C)C2)c1. The van der Waals surface area contributed by atoms with Crippen LogP contribution in [0.2, 0.25) is 0 Å². The van der Waals surface area contributed by atoms with Gasteiger partial charge in [0.25, 0.3) is 0 Å². The summed E-state index contributed by atoms with van der Waals surface area (Å²) in [4.78, 5) is 2.44. The lowest BCUT2D eigenvalue weighted by Gasteiger charge is -2.38. The lowest BCUT2D eigenvalue weighted by Crippen LogP contribution is -2.49. The second-order valence-electron chi connectivity index (χ2n) is 5.98. The molecule has 1 aliphatic rings. The molecule has 0 bridgehead atoms. The number of likely N-dealkylation sites (N-methyl/N-ethyl adjacent to an activating group) is 1. The molecule has 1 saturated carbocycles. The Balaban J connectivity index is 2.08. The van der Waals surface area contributed by atoms with Gasteiger partial charge in [0.15, 0.2) is 0 Å². The fourth-order valence-electron chi connectivity index (χ4n) is 3.27. The van der Waals surface area contributed by atoms with Crippen LogP contribution in [0.4, 0.5) is 0 Å². The number of benzene rings is 1. The monoisotopic (exact) mass is 262 g/mol. The lowest BCUT2D eigenvalue weighted by atomic mass is 9.94. The highest BCUT2D eigenvalue weighted by Gasteiger charge is 2.39. The number of nitrogens with zero attached hydrogens (tertiary/aromatic N) is 1. The van der Waals surface area contributed by atoms with Crippen LogP contribution in [0.1, 0.15) is 31.7 Å². The van der Waals surface area contributed by atoms with Crippen molar-refractivity contribution in [1.82, 2.24) is 4.90 Å². The molecule has 0 aliphatic heterocycles. The summed E-state index contributed by atoms with van der Waals surface area (Å²) < 4.78 is 5.29. The molecule has 1 aromatic carbocycles. The molecule has 19 heavy (non-hydrogen) atoms. The minimum absolute atomic E-state index is 0.183. The summed E-state index contributed by atoms with van der Waals surface area (Å²) in [6.45, 7) is 4.01. The number of hydrogen-bond donors (Lipinski definition) is 1. The van der Waals surface area contributed by atoms with E-state index in [2.05, 4.69) is 31.0 Å². The van der Waals surface area contributed by atoms with E-state index in [0.29, 0.717) is 0 Å². The molecule has 1 aliphatic carbocycles. The van der Waals surface area contributed by atoms with E-state index in [-0.39, 0.29) is 5.54 Å². The normalized spacial score (nSPS) is 26.9. The van der Waals surface area contributed by atoms with Crippen molar-refractivity contribution in [2.24, 2.45) is 11.7 Å². The Kier molecular flexibility index (Phi) is 4.48. The third-order valence-electron chi connectivity index (χ3n) is 4.57. The summed E-state index contributed by atoms with van der Waals surface area (Å²) in [5, 5.41) is 0. The first-order valence-electron chi connectivity index (χ1n) is 7.14. The van der Waals surface area contributed by atoms with E-state index in [1.807, 2.05) is 12.1 Å². The first-order valence-corrected chi connectivity index (χ1v) is 7.14. The molecule has 0 heterocycles. The number of nitrogens with two attached hydrogens (primary N) is 1. The van der Waals surface area contributed by atoms with Gasteiger partial charge < -0.3 is 10.5 Å². The van der Waals surface area contributed by atoms with E-state index in [0.717, 1.165) is 24.8 Å². The number of hydrogen-bond acceptors (Lipinski definition) is 3.